The lowest BCUT2D eigenvalue weighted by Gasteiger charge is -2.36. The fraction of sp³-hybridized carbons (Fsp3) is 1.00. The van der Waals surface area contributed by atoms with Gasteiger partial charge in [-0.25, -0.2) is 0 Å². The van der Waals surface area contributed by atoms with Gasteiger partial charge in [0.15, 0.2) is 0 Å². The molecule has 2 fully saturated rings. The molecule has 2 aliphatic rings. The van der Waals surface area contributed by atoms with Gasteiger partial charge >= 0.3 is 0 Å². The first-order valence-electron chi connectivity index (χ1n) is 7.43. The van der Waals surface area contributed by atoms with Crippen LogP contribution in [0.2, 0.25) is 0 Å². The minimum absolute atomic E-state index is 0.833. The summed E-state index contributed by atoms with van der Waals surface area (Å²) in [6.07, 6.45) is 10.0. The Kier molecular flexibility index (Phi) is 4.66. The number of nitrogens with zero attached hydrogens (tertiary/aromatic N) is 1. The van der Waals surface area contributed by atoms with Crippen molar-refractivity contribution in [1.82, 2.24) is 5.32 Å². The molecule has 2 saturated heterocycles. The number of quaternary nitrogens is 1. The van der Waals surface area contributed by atoms with Gasteiger partial charge in [-0.05, 0) is 32.2 Å². The first-order chi connectivity index (χ1) is 7.85. The molecule has 2 heterocycles. The Morgan fingerprint density at radius 1 is 1.12 bits per heavy atom. The van der Waals surface area contributed by atoms with Crippen molar-refractivity contribution >= 4 is 0 Å². The van der Waals surface area contributed by atoms with Crippen LogP contribution in [0.5, 0.6) is 0 Å². The molecule has 94 valence electrons. The highest BCUT2D eigenvalue weighted by Crippen LogP contribution is 2.23. The quantitative estimate of drug-likeness (QED) is 0.541. The molecule has 2 heteroatoms. The average Bonchev–Trinajstić information content (AvgIpc) is 2.91. The summed E-state index contributed by atoms with van der Waals surface area (Å²) in [4.78, 5) is 0. The number of unbranched alkanes of at least 4 members (excludes halogenated alkanes) is 2. The monoisotopic (exact) mass is 225 g/mol. The van der Waals surface area contributed by atoms with Crippen LogP contribution in [0, 0.1) is 0 Å². The van der Waals surface area contributed by atoms with Crippen molar-refractivity contribution in [1.29, 1.82) is 0 Å². The molecule has 0 spiro atoms. The molecule has 0 aromatic heterocycles. The van der Waals surface area contributed by atoms with Crippen molar-refractivity contribution in [3.63, 3.8) is 0 Å². The van der Waals surface area contributed by atoms with Crippen molar-refractivity contribution in [2.45, 2.75) is 57.9 Å². The van der Waals surface area contributed by atoms with Crippen LogP contribution in [0.15, 0.2) is 0 Å². The highest BCUT2D eigenvalue weighted by atomic mass is 15.4. The maximum absolute atomic E-state index is 3.68. The molecule has 0 saturated carbocycles. The zero-order chi connectivity index (χ0) is 11.3. The maximum atomic E-state index is 3.68. The van der Waals surface area contributed by atoms with E-state index in [2.05, 4.69) is 12.2 Å². The molecular formula is C14H29N2+. The molecule has 2 rings (SSSR count). The zero-order valence-corrected chi connectivity index (χ0v) is 11.0. The van der Waals surface area contributed by atoms with E-state index in [1.165, 1.54) is 82.2 Å². The van der Waals surface area contributed by atoms with Gasteiger partial charge in [-0.1, -0.05) is 13.3 Å². The zero-order valence-electron chi connectivity index (χ0n) is 11.0. The second-order valence-electron chi connectivity index (χ2n) is 5.90. The van der Waals surface area contributed by atoms with Crippen LogP contribution < -0.4 is 5.32 Å². The second-order valence-corrected chi connectivity index (χ2v) is 5.90. The smallest absolute Gasteiger partial charge is 0.0942 e. The van der Waals surface area contributed by atoms with Crippen LogP contribution in [-0.4, -0.2) is 43.2 Å². The summed E-state index contributed by atoms with van der Waals surface area (Å²) in [5.41, 5.74) is 0. The Bertz CT molecular complexity index is 191. The van der Waals surface area contributed by atoms with E-state index >= 15 is 0 Å². The summed E-state index contributed by atoms with van der Waals surface area (Å²) in [5, 5.41) is 3.68. The van der Waals surface area contributed by atoms with Crippen LogP contribution in [0.25, 0.3) is 0 Å². The molecule has 2 aliphatic heterocycles. The van der Waals surface area contributed by atoms with E-state index in [9.17, 15) is 0 Å². The minimum Gasteiger partial charge on any atom is -0.322 e. The average molecular weight is 225 g/mol. The Balaban J connectivity index is 1.82. The second kappa shape index (κ2) is 6.02. The Hall–Kier alpha value is -0.0800. The Morgan fingerprint density at radius 2 is 1.94 bits per heavy atom. The van der Waals surface area contributed by atoms with Crippen molar-refractivity contribution in [3.05, 3.63) is 0 Å². The summed E-state index contributed by atoms with van der Waals surface area (Å²) in [7, 11) is 0. The normalized spacial score (nSPS) is 28.7. The predicted molar refractivity (Wildman–Crippen MR) is 69.5 cm³/mol. The van der Waals surface area contributed by atoms with Crippen molar-refractivity contribution in [2.24, 2.45) is 0 Å². The van der Waals surface area contributed by atoms with E-state index in [1.54, 1.807) is 0 Å². The van der Waals surface area contributed by atoms with Gasteiger partial charge in [0.1, 0.15) is 0 Å². The fourth-order valence-corrected chi connectivity index (χ4v) is 3.58. The summed E-state index contributed by atoms with van der Waals surface area (Å²) < 4.78 is 1.44. The molecule has 0 amide bonds. The summed E-state index contributed by atoms with van der Waals surface area (Å²) in [5.74, 6) is 0. The summed E-state index contributed by atoms with van der Waals surface area (Å²) >= 11 is 0. The lowest BCUT2D eigenvalue weighted by molar-refractivity contribution is -0.918. The molecule has 1 N–H and O–H groups in total. The molecule has 16 heavy (non-hydrogen) atoms. The number of hydrogen-bond acceptors (Lipinski definition) is 1. The standard InChI is InChI=1S/C14H29N2/c1-2-3-4-10-16(11-5-6-12-16)13-14-8-7-9-15-14/h14-15H,2-13H2,1H3/q+1/t14-/m0/s1. The fourth-order valence-electron chi connectivity index (χ4n) is 3.58. The van der Waals surface area contributed by atoms with Gasteiger partial charge in [0.25, 0.3) is 0 Å². The number of hydrogen-bond donors (Lipinski definition) is 1. The third-order valence-corrected chi connectivity index (χ3v) is 4.52. The van der Waals surface area contributed by atoms with Crippen LogP contribution in [-0.2, 0) is 0 Å². The number of likely N-dealkylation sites (tertiary alicyclic amines) is 1. The topological polar surface area (TPSA) is 12.0 Å². The van der Waals surface area contributed by atoms with E-state index < -0.39 is 0 Å². The number of nitrogens with one attached hydrogen (secondary N) is 1. The van der Waals surface area contributed by atoms with E-state index in [-0.39, 0.29) is 0 Å². The largest absolute Gasteiger partial charge is 0.322 e. The lowest BCUT2D eigenvalue weighted by Crippen LogP contribution is -2.52. The van der Waals surface area contributed by atoms with Crippen LogP contribution >= 0.6 is 0 Å². The molecule has 0 aromatic rings. The van der Waals surface area contributed by atoms with Crippen molar-refractivity contribution in [2.75, 3.05) is 32.7 Å². The van der Waals surface area contributed by atoms with Crippen LogP contribution in [0.4, 0.5) is 0 Å². The van der Waals surface area contributed by atoms with Gasteiger partial charge in [0, 0.05) is 12.8 Å². The third-order valence-electron chi connectivity index (χ3n) is 4.52. The van der Waals surface area contributed by atoms with Gasteiger partial charge in [-0.2, -0.15) is 0 Å². The van der Waals surface area contributed by atoms with E-state index in [0.717, 1.165) is 6.04 Å². The van der Waals surface area contributed by atoms with E-state index in [0.29, 0.717) is 0 Å². The first-order valence-corrected chi connectivity index (χ1v) is 7.43. The molecule has 0 bridgehead atoms. The predicted octanol–water partition coefficient (Wildman–Crippen LogP) is 2.54. The summed E-state index contributed by atoms with van der Waals surface area (Å²) in [6, 6.07) is 0.833. The Morgan fingerprint density at radius 3 is 2.56 bits per heavy atom. The highest BCUT2D eigenvalue weighted by molar-refractivity contribution is 4.75. The van der Waals surface area contributed by atoms with Crippen LogP contribution in [0.1, 0.15) is 51.9 Å². The molecule has 2 nitrogen and oxygen atoms in total. The third kappa shape index (κ3) is 3.21. The van der Waals surface area contributed by atoms with E-state index in [1.807, 2.05) is 0 Å². The van der Waals surface area contributed by atoms with Crippen molar-refractivity contribution < 1.29 is 4.48 Å². The minimum atomic E-state index is 0.833. The van der Waals surface area contributed by atoms with Crippen molar-refractivity contribution in [3.8, 4) is 0 Å². The highest BCUT2D eigenvalue weighted by Gasteiger charge is 2.34. The molecule has 1 atom stereocenters. The van der Waals surface area contributed by atoms with Gasteiger partial charge in [-0.15, -0.1) is 0 Å². The van der Waals surface area contributed by atoms with Gasteiger partial charge < -0.3 is 9.80 Å². The Labute approximate surface area is 101 Å². The summed E-state index contributed by atoms with van der Waals surface area (Å²) in [6.45, 7) is 9.37. The SMILES string of the molecule is CCCCC[N+]1(C[C@@H]2CCCN2)CCCC1. The molecule has 0 radical (unpaired) electrons. The van der Waals surface area contributed by atoms with Gasteiger partial charge in [0.05, 0.1) is 32.2 Å². The number of rotatable bonds is 6. The van der Waals surface area contributed by atoms with Gasteiger partial charge in [-0.3, -0.25) is 0 Å². The molecular weight excluding hydrogens is 196 g/mol. The van der Waals surface area contributed by atoms with Crippen LogP contribution in [0.3, 0.4) is 0 Å². The lowest BCUT2D eigenvalue weighted by atomic mass is 10.1. The molecule has 0 aliphatic carbocycles. The van der Waals surface area contributed by atoms with E-state index in [4.69, 9.17) is 0 Å². The molecule has 0 unspecified atom stereocenters. The maximum Gasteiger partial charge on any atom is 0.0942 e. The first kappa shape index (κ1) is 12.4. The molecule has 0 aromatic carbocycles. The van der Waals surface area contributed by atoms with Gasteiger partial charge in [0.2, 0.25) is 0 Å².